The first-order valence-corrected chi connectivity index (χ1v) is 11.2. The summed E-state index contributed by atoms with van der Waals surface area (Å²) in [6, 6.07) is 11.4. The number of rotatable bonds is 8. The Hall–Kier alpha value is -2.86. The van der Waals surface area contributed by atoms with Crippen LogP contribution in [0.4, 0.5) is 0 Å². The molecule has 1 fully saturated rings. The van der Waals surface area contributed by atoms with Gasteiger partial charge in [-0.05, 0) is 81.6 Å². The molecule has 0 radical (unpaired) electrons. The second-order valence-corrected chi connectivity index (χ2v) is 8.65. The average Bonchev–Trinajstić information content (AvgIpc) is 3.18. The van der Waals surface area contributed by atoms with Crippen LogP contribution in [0.3, 0.4) is 0 Å². The van der Waals surface area contributed by atoms with E-state index in [1.165, 1.54) is 31.5 Å². The van der Waals surface area contributed by atoms with E-state index in [0.29, 0.717) is 24.5 Å². The molecule has 6 nitrogen and oxygen atoms in total. The summed E-state index contributed by atoms with van der Waals surface area (Å²) in [4.78, 5) is 19.6. The third-order valence-electron chi connectivity index (χ3n) is 5.94. The van der Waals surface area contributed by atoms with E-state index in [0.717, 1.165) is 30.2 Å². The van der Waals surface area contributed by atoms with E-state index in [4.69, 9.17) is 4.74 Å². The highest BCUT2D eigenvalue weighted by atomic mass is 16.5. The first-order valence-electron chi connectivity index (χ1n) is 11.2. The number of pyridine rings is 1. The second kappa shape index (κ2) is 9.96. The fourth-order valence-corrected chi connectivity index (χ4v) is 4.00. The van der Waals surface area contributed by atoms with Crippen LogP contribution in [0.5, 0.6) is 5.75 Å². The number of ether oxygens (including phenoxy) is 1. The van der Waals surface area contributed by atoms with Crippen molar-refractivity contribution in [3.05, 3.63) is 65.6 Å². The third kappa shape index (κ3) is 5.85. The van der Waals surface area contributed by atoms with Gasteiger partial charge in [0.2, 0.25) is 0 Å². The summed E-state index contributed by atoms with van der Waals surface area (Å²) in [6.45, 7) is 8.85. The predicted octanol–water partition coefficient (Wildman–Crippen LogP) is 4.07. The number of hydrogen-bond donors (Lipinski definition) is 1. The molecular weight excluding hydrogens is 388 g/mol. The molecule has 2 aromatic heterocycles. The molecule has 0 aliphatic carbocycles. The smallest absolute Gasteiger partial charge is 0.251 e. The van der Waals surface area contributed by atoms with Gasteiger partial charge in [-0.2, -0.15) is 0 Å². The minimum atomic E-state index is -0.0547. The molecule has 0 spiro atoms. The van der Waals surface area contributed by atoms with Gasteiger partial charge in [-0.25, -0.2) is 4.98 Å². The summed E-state index contributed by atoms with van der Waals surface area (Å²) in [7, 11) is 0. The molecule has 0 saturated carbocycles. The van der Waals surface area contributed by atoms with Crippen LogP contribution in [0.15, 0.2) is 48.8 Å². The second-order valence-electron chi connectivity index (χ2n) is 8.65. The SMILES string of the molecule is Cc1ccc2nc(COc3cccc(C(=O)NCCCN4CCC(C)CC4)c3)cn2c1. The van der Waals surface area contributed by atoms with E-state index in [1.807, 2.05) is 47.1 Å². The Kier molecular flexibility index (Phi) is 6.87. The minimum absolute atomic E-state index is 0.0547. The van der Waals surface area contributed by atoms with Crippen molar-refractivity contribution in [1.82, 2.24) is 19.6 Å². The molecule has 1 N–H and O–H groups in total. The monoisotopic (exact) mass is 420 g/mol. The van der Waals surface area contributed by atoms with Crippen LogP contribution < -0.4 is 10.1 Å². The Morgan fingerprint density at radius 1 is 1.19 bits per heavy atom. The van der Waals surface area contributed by atoms with Gasteiger partial charge in [0, 0.05) is 24.5 Å². The van der Waals surface area contributed by atoms with E-state index >= 15 is 0 Å². The highest BCUT2D eigenvalue weighted by Gasteiger charge is 2.15. The zero-order valence-electron chi connectivity index (χ0n) is 18.5. The number of nitrogens with one attached hydrogen (secondary N) is 1. The maximum absolute atomic E-state index is 12.5. The largest absolute Gasteiger partial charge is 0.487 e. The lowest BCUT2D eigenvalue weighted by Gasteiger charge is -2.30. The van der Waals surface area contributed by atoms with Gasteiger partial charge in [0.15, 0.2) is 0 Å². The highest BCUT2D eigenvalue weighted by molar-refractivity contribution is 5.94. The summed E-state index contributed by atoms with van der Waals surface area (Å²) in [5, 5.41) is 3.03. The van der Waals surface area contributed by atoms with Gasteiger partial charge in [-0.15, -0.1) is 0 Å². The van der Waals surface area contributed by atoms with Crippen molar-refractivity contribution in [1.29, 1.82) is 0 Å². The summed E-state index contributed by atoms with van der Waals surface area (Å²) in [5.41, 5.74) is 3.56. The summed E-state index contributed by atoms with van der Waals surface area (Å²) >= 11 is 0. The number of hydrogen-bond acceptors (Lipinski definition) is 4. The highest BCUT2D eigenvalue weighted by Crippen LogP contribution is 2.17. The number of piperidine rings is 1. The molecule has 1 saturated heterocycles. The molecule has 1 aliphatic heterocycles. The van der Waals surface area contributed by atoms with Gasteiger partial charge in [0.1, 0.15) is 18.0 Å². The molecule has 3 aromatic rings. The normalized spacial score (nSPS) is 15.3. The van der Waals surface area contributed by atoms with Gasteiger partial charge in [-0.1, -0.05) is 19.1 Å². The van der Waals surface area contributed by atoms with Crippen LogP contribution in [-0.2, 0) is 6.61 Å². The lowest BCUT2D eigenvalue weighted by atomic mass is 9.99. The maximum Gasteiger partial charge on any atom is 0.251 e. The molecule has 1 amide bonds. The van der Waals surface area contributed by atoms with Gasteiger partial charge in [-0.3, -0.25) is 4.79 Å². The van der Waals surface area contributed by atoms with E-state index in [-0.39, 0.29) is 5.91 Å². The molecule has 1 aliphatic rings. The molecule has 31 heavy (non-hydrogen) atoms. The van der Waals surface area contributed by atoms with Crippen molar-refractivity contribution in [2.75, 3.05) is 26.2 Å². The summed E-state index contributed by atoms with van der Waals surface area (Å²) in [6.07, 6.45) is 7.57. The number of carbonyl (C=O) groups is 1. The van der Waals surface area contributed by atoms with Crippen LogP contribution in [0.2, 0.25) is 0 Å². The Morgan fingerprint density at radius 2 is 2.03 bits per heavy atom. The van der Waals surface area contributed by atoms with E-state index < -0.39 is 0 Å². The lowest BCUT2D eigenvalue weighted by molar-refractivity contribution is 0.0950. The Balaban J connectivity index is 1.24. The number of aryl methyl sites for hydroxylation is 1. The van der Waals surface area contributed by atoms with Crippen molar-refractivity contribution in [2.24, 2.45) is 5.92 Å². The number of benzene rings is 1. The van der Waals surface area contributed by atoms with Crippen LogP contribution in [0, 0.1) is 12.8 Å². The van der Waals surface area contributed by atoms with Crippen LogP contribution in [0.25, 0.3) is 5.65 Å². The molecule has 0 unspecified atom stereocenters. The van der Waals surface area contributed by atoms with Crippen LogP contribution in [0.1, 0.15) is 47.8 Å². The zero-order chi connectivity index (χ0) is 21.6. The Bertz CT molecular complexity index is 1020. The molecule has 164 valence electrons. The van der Waals surface area contributed by atoms with E-state index in [1.54, 1.807) is 6.07 Å². The first kappa shape index (κ1) is 21.4. The molecule has 0 atom stereocenters. The molecule has 0 bridgehead atoms. The number of aromatic nitrogens is 2. The van der Waals surface area contributed by atoms with Crippen molar-refractivity contribution < 1.29 is 9.53 Å². The van der Waals surface area contributed by atoms with Crippen molar-refractivity contribution in [3.63, 3.8) is 0 Å². The van der Waals surface area contributed by atoms with Crippen molar-refractivity contribution >= 4 is 11.6 Å². The number of fused-ring (bicyclic) bond motifs is 1. The van der Waals surface area contributed by atoms with Crippen LogP contribution in [-0.4, -0.2) is 46.4 Å². The average molecular weight is 421 g/mol. The molecule has 4 rings (SSSR count). The quantitative estimate of drug-likeness (QED) is 0.558. The topological polar surface area (TPSA) is 58.9 Å². The Labute approximate surface area is 184 Å². The fraction of sp³-hybridized carbons (Fsp3) is 0.440. The van der Waals surface area contributed by atoms with Crippen LogP contribution >= 0.6 is 0 Å². The number of nitrogens with zero attached hydrogens (tertiary/aromatic N) is 3. The van der Waals surface area contributed by atoms with Gasteiger partial charge in [0.25, 0.3) is 5.91 Å². The number of amides is 1. The van der Waals surface area contributed by atoms with Crippen molar-refractivity contribution in [2.45, 2.75) is 39.7 Å². The van der Waals surface area contributed by atoms with E-state index in [9.17, 15) is 4.79 Å². The maximum atomic E-state index is 12.5. The van der Waals surface area contributed by atoms with Gasteiger partial charge < -0.3 is 19.4 Å². The third-order valence-corrected chi connectivity index (χ3v) is 5.94. The summed E-state index contributed by atoms with van der Waals surface area (Å²) < 4.78 is 7.90. The zero-order valence-corrected chi connectivity index (χ0v) is 18.5. The first-order chi connectivity index (χ1) is 15.1. The molecule has 6 heteroatoms. The molecule has 1 aromatic carbocycles. The minimum Gasteiger partial charge on any atom is -0.487 e. The summed E-state index contributed by atoms with van der Waals surface area (Å²) in [5.74, 6) is 1.46. The number of imidazole rings is 1. The molecular formula is C25H32N4O2. The van der Waals surface area contributed by atoms with Crippen molar-refractivity contribution in [3.8, 4) is 5.75 Å². The standard InChI is InChI=1S/C25H32N4O2/c1-19-9-13-28(14-10-19)12-4-11-26-25(30)21-5-3-6-23(15-21)31-18-22-17-29-16-20(2)7-8-24(29)27-22/h3,5-8,15-17,19H,4,9-14,18H2,1-2H3,(H,26,30). The number of likely N-dealkylation sites (tertiary alicyclic amines) is 1. The fourth-order valence-electron chi connectivity index (χ4n) is 4.00. The lowest BCUT2D eigenvalue weighted by Crippen LogP contribution is -2.35. The van der Waals surface area contributed by atoms with Gasteiger partial charge >= 0.3 is 0 Å². The number of carbonyl (C=O) groups excluding carboxylic acids is 1. The van der Waals surface area contributed by atoms with E-state index in [2.05, 4.69) is 29.0 Å². The molecule has 3 heterocycles. The predicted molar refractivity (Wildman–Crippen MR) is 122 cm³/mol. The van der Waals surface area contributed by atoms with Gasteiger partial charge in [0.05, 0.1) is 5.69 Å². The Morgan fingerprint density at radius 3 is 2.87 bits per heavy atom.